The number of carboxylic acids is 1. The highest BCUT2D eigenvalue weighted by Crippen LogP contribution is 2.24. The standard InChI is InChI=1S/C13H23N3O4/c1-7(2)10(16-13(14)20)11(17)15-9-5-3-8(4-6-9)12(18)19/h7-10H,3-6H2,1-2H3,(H,15,17)(H,18,19)(H3,14,16,20). The Balaban J connectivity index is 2.49. The summed E-state index contributed by atoms with van der Waals surface area (Å²) >= 11 is 0. The number of amides is 3. The van der Waals surface area contributed by atoms with Crippen LogP contribution in [0, 0.1) is 11.8 Å². The lowest BCUT2D eigenvalue weighted by atomic mass is 9.86. The average molecular weight is 285 g/mol. The molecule has 0 spiro atoms. The predicted molar refractivity (Wildman–Crippen MR) is 72.9 cm³/mol. The Morgan fingerprint density at radius 1 is 1.15 bits per heavy atom. The largest absolute Gasteiger partial charge is 0.481 e. The Morgan fingerprint density at radius 2 is 1.70 bits per heavy atom. The van der Waals surface area contributed by atoms with Crippen LogP contribution in [0.15, 0.2) is 0 Å². The van der Waals surface area contributed by atoms with E-state index >= 15 is 0 Å². The smallest absolute Gasteiger partial charge is 0.312 e. The number of carbonyl (C=O) groups excluding carboxylic acids is 2. The normalized spacial score (nSPS) is 23.9. The Morgan fingerprint density at radius 3 is 2.10 bits per heavy atom. The number of primary amides is 1. The van der Waals surface area contributed by atoms with Gasteiger partial charge in [-0.15, -0.1) is 0 Å². The minimum Gasteiger partial charge on any atom is -0.481 e. The molecule has 1 unspecified atom stereocenters. The number of carbonyl (C=O) groups is 3. The molecule has 0 aromatic carbocycles. The number of nitrogens with one attached hydrogen (secondary N) is 2. The number of carboxylic acid groups (broad SMARTS) is 1. The van der Waals surface area contributed by atoms with Gasteiger partial charge < -0.3 is 21.5 Å². The SMILES string of the molecule is CC(C)C(NC(N)=O)C(=O)NC1CCC(C(=O)O)CC1. The maximum atomic E-state index is 12.1. The van der Waals surface area contributed by atoms with E-state index in [-0.39, 0.29) is 23.8 Å². The van der Waals surface area contributed by atoms with Crippen molar-refractivity contribution in [2.75, 3.05) is 0 Å². The van der Waals surface area contributed by atoms with Crippen LogP contribution in [0.1, 0.15) is 39.5 Å². The van der Waals surface area contributed by atoms with E-state index in [1.54, 1.807) is 0 Å². The van der Waals surface area contributed by atoms with Crippen LogP contribution in [0.2, 0.25) is 0 Å². The second kappa shape index (κ2) is 7.12. The summed E-state index contributed by atoms with van der Waals surface area (Å²) in [5, 5.41) is 14.2. The van der Waals surface area contributed by atoms with Crippen LogP contribution in [0.25, 0.3) is 0 Å². The number of urea groups is 1. The number of hydrogen-bond acceptors (Lipinski definition) is 3. The molecule has 5 N–H and O–H groups in total. The Kier molecular flexibility index (Phi) is 5.79. The Labute approximate surface area is 118 Å². The summed E-state index contributed by atoms with van der Waals surface area (Å²) < 4.78 is 0. The average Bonchev–Trinajstić information content (AvgIpc) is 2.35. The molecule has 3 amide bonds. The molecule has 1 fully saturated rings. The van der Waals surface area contributed by atoms with E-state index in [4.69, 9.17) is 10.8 Å². The monoisotopic (exact) mass is 285 g/mol. The van der Waals surface area contributed by atoms with E-state index in [0.29, 0.717) is 25.7 Å². The minimum atomic E-state index is -0.773. The molecular formula is C13H23N3O4. The van der Waals surface area contributed by atoms with Crippen LogP contribution in [0.3, 0.4) is 0 Å². The molecule has 0 aromatic rings. The van der Waals surface area contributed by atoms with Crippen molar-refractivity contribution in [1.29, 1.82) is 0 Å². The summed E-state index contributed by atoms with van der Waals surface area (Å²) in [5.41, 5.74) is 5.06. The van der Waals surface area contributed by atoms with Gasteiger partial charge in [0.2, 0.25) is 5.91 Å². The van der Waals surface area contributed by atoms with E-state index < -0.39 is 18.0 Å². The van der Waals surface area contributed by atoms with E-state index in [1.807, 2.05) is 13.8 Å². The molecule has 20 heavy (non-hydrogen) atoms. The van der Waals surface area contributed by atoms with Crippen molar-refractivity contribution in [3.05, 3.63) is 0 Å². The van der Waals surface area contributed by atoms with E-state index in [0.717, 1.165) is 0 Å². The number of rotatable bonds is 5. The van der Waals surface area contributed by atoms with Crippen LogP contribution in [0.5, 0.6) is 0 Å². The summed E-state index contributed by atoms with van der Waals surface area (Å²) in [6, 6.07) is -1.42. The first-order valence-corrected chi connectivity index (χ1v) is 6.90. The lowest BCUT2D eigenvalue weighted by Crippen LogP contribution is -2.53. The zero-order chi connectivity index (χ0) is 15.3. The van der Waals surface area contributed by atoms with Gasteiger partial charge in [-0.1, -0.05) is 13.8 Å². The van der Waals surface area contributed by atoms with Crippen molar-refractivity contribution in [2.24, 2.45) is 17.6 Å². The fourth-order valence-corrected chi connectivity index (χ4v) is 2.46. The molecule has 0 saturated heterocycles. The number of nitrogens with two attached hydrogens (primary N) is 1. The highest BCUT2D eigenvalue weighted by molar-refractivity contribution is 5.87. The first-order valence-electron chi connectivity index (χ1n) is 6.90. The van der Waals surface area contributed by atoms with E-state index in [1.165, 1.54) is 0 Å². The second-order valence-electron chi connectivity index (χ2n) is 5.63. The summed E-state index contributed by atoms with van der Waals surface area (Å²) in [4.78, 5) is 33.9. The van der Waals surface area contributed by atoms with E-state index in [9.17, 15) is 14.4 Å². The zero-order valence-corrected chi connectivity index (χ0v) is 11.9. The summed E-state index contributed by atoms with van der Waals surface area (Å²) in [7, 11) is 0. The molecule has 1 saturated carbocycles. The summed E-state index contributed by atoms with van der Waals surface area (Å²) in [5.74, 6) is -1.42. The van der Waals surface area contributed by atoms with Gasteiger partial charge >= 0.3 is 12.0 Å². The zero-order valence-electron chi connectivity index (χ0n) is 11.9. The first kappa shape index (κ1) is 16.3. The number of hydrogen-bond donors (Lipinski definition) is 4. The highest BCUT2D eigenvalue weighted by Gasteiger charge is 2.29. The van der Waals surface area contributed by atoms with Crippen molar-refractivity contribution in [2.45, 2.75) is 51.6 Å². The van der Waals surface area contributed by atoms with Crippen LogP contribution in [0.4, 0.5) is 4.79 Å². The molecule has 1 aliphatic rings. The molecule has 0 bridgehead atoms. The van der Waals surface area contributed by atoms with Crippen molar-refractivity contribution in [3.8, 4) is 0 Å². The molecule has 0 aromatic heterocycles. The second-order valence-corrected chi connectivity index (χ2v) is 5.63. The lowest BCUT2D eigenvalue weighted by Gasteiger charge is -2.29. The van der Waals surface area contributed by atoms with Crippen LogP contribution >= 0.6 is 0 Å². The molecule has 0 aliphatic heterocycles. The van der Waals surface area contributed by atoms with E-state index in [2.05, 4.69) is 10.6 Å². The van der Waals surface area contributed by atoms with Crippen molar-refractivity contribution in [1.82, 2.24) is 10.6 Å². The summed E-state index contributed by atoms with van der Waals surface area (Å²) in [6.45, 7) is 3.64. The van der Waals surface area contributed by atoms with Gasteiger partial charge in [-0.3, -0.25) is 9.59 Å². The van der Waals surface area contributed by atoms with Gasteiger partial charge in [0, 0.05) is 6.04 Å². The molecule has 7 nitrogen and oxygen atoms in total. The Bertz CT molecular complexity index is 376. The molecule has 1 atom stereocenters. The molecule has 1 aliphatic carbocycles. The fourth-order valence-electron chi connectivity index (χ4n) is 2.46. The molecule has 0 radical (unpaired) electrons. The maximum Gasteiger partial charge on any atom is 0.312 e. The van der Waals surface area contributed by atoms with Crippen molar-refractivity contribution >= 4 is 17.9 Å². The molecule has 1 rings (SSSR count). The molecular weight excluding hydrogens is 262 g/mol. The summed E-state index contributed by atoms with van der Waals surface area (Å²) in [6.07, 6.45) is 2.42. The van der Waals surface area contributed by atoms with Gasteiger partial charge in [0.1, 0.15) is 6.04 Å². The molecule has 0 heterocycles. The number of aliphatic carboxylic acids is 1. The van der Waals surface area contributed by atoms with Gasteiger partial charge in [0.05, 0.1) is 5.92 Å². The fraction of sp³-hybridized carbons (Fsp3) is 0.769. The predicted octanol–water partition coefficient (Wildman–Crippen LogP) is 0.439. The third-order valence-corrected chi connectivity index (χ3v) is 3.67. The van der Waals surface area contributed by atoms with Gasteiger partial charge in [-0.2, -0.15) is 0 Å². The van der Waals surface area contributed by atoms with Gasteiger partial charge in [-0.05, 0) is 31.6 Å². The van der Waals surface area contributed by atoms with Crippen molar-refractivity contribution < 1.29 is 19.5 Å². The molecule has 114 valence electrons. The van der Waals surface area contributed by atoms with Gasteiger partial charge in [-0.25, -0.2) is 4.79 Å². The third kappa shape index (κ3) is 4.71. The topological polar surface area (TPSA) is 122 Å². The quantitative estimate of drug-likeness (QED) is 0.585. The molecule has 7 heteroatoms. The van der Waals surface area contributed by atoms with Crippen LogP contribution < -0.4 is 16.4 Å². The van der Waals surface area contributed by atoms with Gasteiger partial charge in [0.15, 0.2) is 0 Å². The maximum absolute atomic E-state index is 12.1. The van der Waals surface area contributed by atoms with Gasteiger partial charge in [0.25, 0.3) is 0 Å². The first-order chi connectivity index (χ1) is 9.31. The highest BCUT2D eigenvalue weighted by atomic mass is 16.4. The lowest BCUT2D eigenvalue weighted by molar-refractivity contribution is -0.142. The Hall–Kier alpha value is -1.79. The van der Waals surface area contributed by atoms with Crippen LogP contribution in [-0.4, -0.2) is 35.1 Å². The third-order valence-electron chi connectivity index (χ3n) is 3.67. The van der Waals surface area contributed by atoms with Crippen molar-refractivity contribution in [3.63, 3.8) is 0 Å². The van der Waals surface area contributed by atoms with Crippen LogP contribution in [-0.2, 0) is 9.59 Å². The minimum absolute atomic E-state index is 0.0333.